The van der Waals surface area contributed by atoms with Crippen LogP contribution in [0.4, 0.5) is 4.79 Å². The molecule has 0 fully saturated rings. The van der Waals surface area contributed by atoms with Crippen LogP contribution in [0.5, 0.6) is 0 Å². The molecule has 0 radical (unpaired) electrons. The van der Waals surface area contributed by atoms with Gasteiger partial charge in [0.15, 0.2) is 0 Å². The van der Waals surface area contributed by atoms with Crippen molar-refractivity contribution >= 4 is 23.9 Å². The molecule has 0 aliphatic rings. The Kier molecular flexibility index (Phi) is 12.3. The van der Waals surface area contributed by atoms with Crippen molar-refractivity contribution in [3.8, 4) is 0 Å². The number of aromatic amines is 1. The number of H-pyrrole nitrogens is 1. The lowest BCUT2D eigenvalue weighted by atomic mass is 10.0. The zero-order valence-electron chi connectivity index (χ0n) is 25.0. The maximum atomic E-state index is 13.8. The molecule has 0 aliphatic carbocycles. The van der Waals surface area contributed by atoms with Crippen LogP contribution in [0, 0.1) is 0 Å². The largest absolute Gasteiger partial charge is 0.464 e. The van der Waals surface area contributed by atoms with Crippen molar-refractivity contribution < 1.29 is 28.7 Å². The van der Waals surface area contributed by atoms with Gasteiger partial charge in [-0.05, 0) is 23.6 Å². The molecule has 45 heavy (non-hydrogen) atoms. The quantitative estimate of drug-likeness (QED) is 0.151. The number of alkyl carbamates (subject to hydrolysis) is 1. The summed E-state index contributed by atoms with van der Waals surface area (Å²) in [4.78, 5) is 60.0. The third-order valence-corrected chi connectivity index (χ3v) is 6.89. The molecule has 3 atom stereocenters. The second-order valence-corrected chi connectivity index (χ2v) is 10.3. The van der Waals surface area contributed by atoms with Gasteiger partial charge < -0.3 is 30.4 Å². The molecule has 0 saturated carbocycles. The first-order chi connectivity index (χ1) is 21.9. The first-order valence-corrected chi connectivity index (χ1v) is 14.7. The summed E-state index contributed by atoms with van der Waals surface area (Å²) in [5, 5.41) is 8.19. The fourth-order valence-corrected chi connectivity index (χ4v) is 4.62. The molecule has 4 aromatic rings. The number of nitrogens with one attached hydrogen (secondary N) is 4. The second-order valence-electron chi connectivity index (χ2n) is 10.3. The lowest BCUT2D eigenvalue weighted by Crippen LogP contribution is -2.57. The zero-order chi connectivity index (χ0) is 31.9. The van der Waals surface area contributed by atoms with Crippen LogP contribution in [0.1, 0.15) is 29.3 Å². The van der Waals surface area contributed by atoms with Crippen LogP contribution < -0.4 is 16.0 Å². The van der Waals surface area contributed by atoms with Gasteiger partial charge >= 0.3 is 12.1 Å². The number of hydrogen-bond acceptors (Lipinski definition) is 7. The number of carbonyl (C=O) groups excluding carboxylic acids is 4. The number of benzene rings is 3. The number of hydrogen-bond donors (Lipinski definition) is 4. The third kappa shape index (κ3) is 10.6. The molecule has 1 aromatic heterocycles. The molecule has 0 aliphatic heterocycles. The maximum absolute atomic E-state index is 13.8. The minimum absolute atomic E-state index is 0.0147. The lowest BCUT2D eigenvalue weighted by molar-refractivity contribution is -0.147. The van der Waals surface area contributed by atoms with Gasteiger partial charge in [0.2, 0.25) is 11.8 Å². The summed E-state index contributed by atoms with van der Waals surface area (Å²) >= 11 is 0. The molecule has 3 amide bonds. The molecule has 4 N–H and O–H groups in total. The zero-order valence-corrected chi connectivity index (χ0v) is 25.0. The Morgan fingerprint density at radius 2 is 1.18 bits per heavy atom. The Morgan fingerprint density at radius 1 is 0.667 bits per heavy atom. The molecule has 0 spiro atoms. The summed E-state index contributed by atoms with van der Waals surface area (Å²) in [6, 6.07) is 24.4. The molecule has 1 heterocycles. The van der Waals surface area contributed by atoms with Gasteiger partial charge in [-0.25, -0.2) is 14.6 Å². The fourth-order valence-electron chi connectivity index (χ4n) is 4.62. The molecular formula is C34H37N5O6. The van der Waals surface area contributed by atoms with E-state index in [0.717, 1.165) is 16.7 Å². The molecule has 11 heteroatoms. The van der Waals surface area contributed by atoms with Gasteiger partial charge in [0, 0.05) is 31.2 Å². The highest BCUT2D eigenvalue weighted by atomic mass is 16.5. The van der Waals surface area contributed by atoms with Gasteiger partial charge in [0.25, 0.3) is 0 Å². The molecule has 4 rings (SSSR count). The standard InChI is InChI=1S/C34H37N5O6/c1-2-44-33(42)30(19-25-14-8-4-9-15-25)38-31(40)28(18-24-12-6-3-7-13-24)37-32(41)29(20-27-21-35-23-36-27)39-34(43)45-22-26-16-10-5-11-17-26/h3-17,21,23,28-30H,2,18-20,22H2,1H3,(H,35,36)(H,37,41)(H,38,40)(H,39,43)/t28-,29+,30-/m0/s1. The first kappa shape index (κ1) is 32.5. The minimum Gasteiger partial charge on any atom is -0.464 e. The van der Waals surface area contributed by atoms with Gasteiger partial charge in [-0.1, -0.05) is 91.0 Å². The number of imidazole rings is 1. The molecule has 234 valence electrons. The van der Waals surface area contributed by atoms with Crippen LogP contribution in [0.15, 0.2) is 104 Å². The number of nitrogens with zero attached hydrogens (tertiary/aromatic N) is 1. The number of ether oxygens (including phenoxy) is 2. The van der Waals surface area contributed by atoms with E-state index < -0.39 is 42.0 Å². The summed E-state index contributed by atoms with van der Waals surface area (Å²) in [5.74, 6) is -1.78. The van der Waals surface area contributed by atoms with Gasteiger partial charge in [0.05, 0.1) is 12.9 Å². The van der Waals surface area contributed by atoms with Crippen molar-refractivity contribution in [3.63, 3.8) is 0 Å². The normalized spacial score (nSPS) is 12.6. The minimum atomic E-state index is -1.11. The van der Waals surface area contributed by atoms with E-state index in [9.17, 15) is 19.2 Å². The van der Waals surface area contributed by atoms with Gasteiger partial charge in [-0.3, -0.25) is 9.59 Å². The van der Waals surface area contributed by atoms with Crippen LogP contribution in [0.2, 0.25) is 0 Å². The van der Waals surface area contributed by atoms with Crippen LogP contribution in [0.3, 0.4) is 0 Å². The molecule has 3 aromatic carbocycles. The van der Waals surface area contributed by atoms with Crippen molar-refractivity contribution in [2.24, 2.45) is 0 Å². The monoisotopic (exact) mass is 611 g/mol. The Hall–Kier alpha value is -5.45. The summed E-state index contributed by atoms with van der Waals surface area (Å²) in [6.45, 7) is 1.85. The van der Waals surface area contributed by atoms with Crippen molar-refractivity contribution in [1.82, 2.24) is 25.9 Å². The van der Waals surface area contributed by atoms with Gasteiger partial charge in [0.1, 0.15) is 24.7 Å². The smallest absolute Gasteiger partial charge is 0.408 e. The van der Waals surface area contributed by atoms with Crippen molar-refractivity contribution in [3.05, 3.63) is 126 Å². The molecule has 11 nitrogen and oxygen atoms in total. The van der Waals surface area contributed by atoms with Crippen molar-refractivity contribution in [2.75, 3.05) is 6.61 Å². The SMILES string of the molecule is CCOC(=O)[C@H](Cc1ccccc1)NC(=O)[C@H](Cc1ccccc1)NC(=O)[C@@H](Cc1cnc[nH]1)NC(=O)OCc1ccccc1. The fraction of sp³-hybridized carbons (Fsp3) is 0.265. The summed E-state index contributed by atoms with van der Waals surface area (Å²) in [7, 11) is 0. The van der Waals surface area contributed by atoms with E-state index in [1.807, 2.05) is 91.0 Å². The van der Waals surface area contributed by atoms with Crippen LogP contribution >= 0.6 is 0 Å². The highest BCUT2D eigenvalue weighted by Crippen LogP contribution is 2.09. The predicted molar refractivity (Wildman–Crippen MR) is 167 cm³/mol. The molecule has 0 unspecified atom stereocenters. The average Bonchev–Trinajstić information content (AvgIpc) is 3.57. The van der Waals surface area contributed by atoms with Gasteiger partial charge in [-0.15, -0.1) is 0 Å². The summed E-state index contributed by atoms with van der Waals surface area (Å²) < 4.78 is 10.6. The van der Waals surface area contributed by atoms with Crippen LogP contribution in [-0.4, -0.2) is 58.6 Å². The Bertz CT molecular complexity index is 1500. The second kappa shape index (κ2) is 17.0. The lowest BCUT2D eigenvalue weighted by Gasteiger charge is -2.25. The van der Waals surface area contributed by atoms with Crippen LogP contribution in [-0.2, 0) is 49.7 Å². The predicted octanol–water partition coefficient (Wildman–Crippen LogP) is 3.27. The van der Waals surface area contributed by atoms with E-state index in [1.54, 1.807) is 13.1 Å². The summed E-state index contributed by atoms with van der Waals surface area (Å²) in [6.07, 6.45) is 2.60. The van der Waals surface area contributed by atoms with Crippen molar-refractivity contribution in [1.29, 1.82) is 0 Å². The molecule has 0 bridgehead atoms. The van der Waals surface area contributed by atoms with Crippen molar-refractivity contribution in [2.45, 2.75) is 50.9 Å². The molecular weight excluding hydrogens is 574 g/mol. The number of rotatable bonds is 15. The number of esters is 1. The van der Waals surface area contributed by atoms with E-state index in [2.05, 4.69) is 25.9 Å². The van der Waals surface area contributed by atoms with E-state index in [1.165, 1.54) is 6.33 Å². The number of aromatic nitrogens is 2. The third-order valence-electron chi connectivity index (χ3n) is 6.89. The van der Waals surface area contributed by atoms with E-state index >= 15 is 0 Å². The Morgan fingerprint density at radius 3 is 1.71 bits per heavy atom. The first-order valence-electron chi connectivity index (χ1n) is 14.7. The Balaban J connectivity index is 1.51. The highest BCUT2D eigenvalue weighted by molar-refractivity contribution is 5.93. The highest BCUT2D eigenvalue weighted by Gasteiger charge is 2.31. The Labute approximate surface area is 261 Å². The summed E-state index contributed by atoms with van der Waals surface area (Å²) in [5.41, 5.74) is 2.99. The van der Waals surface area contributed by atoms with Crippen LogP contribution in [0.25, 0.3) is 0 Å². The van der Waals surface area contributed by atoms with Gasteiger partial charge in [-0.2, -0.15) is 0 Å². The number of carbonyl (C=O) groups is 4. The molecule has 0 saturated heterocycles. The van der Waals surface area contributed by atoms with E-state index in [-0.39, 0.29) is 32.5 Å². The van der Waals surface area contributed by atoms with E-state index in [0.29, 0.717) is 5.69 Å². The number of amides is 3. The van der Waals surface area contributed by atoms with E-state index in [4.69, 9.17) is 9.47 Å². The average molecular weight is 612 g/mol. The topological polar surface area (TPSA) is 152 Å². The maximum Gasteiger partial charge on any atom is 0.408 e.